The van der Waals surface area contributed by atoms with Crippen LogP contribution in [0.15, 0.2) is 36.4 Å². The molecule has 28 heavy (non-hydrogen) atoms. The molecule has 1 N–H and O–H groups in total. The van der Waals surface area contributed by atoms with Crippen molar-refractivity contribution in [2.24, 2.45) is 0 Å². The number of benzene rings is 2. The molecule has 2 atom stereocenters. The number of hydrogen-bond acceptors (Lipinski definition) is 4. The molecule has 0 aliphatic carbocycles. The van der Waals surface area contributed by atoms with E-state index in [1.54, 1.807) is 23.1 Å². The Morgan fingerprint density at radius 2 is 2.04 bits per heavy atom. The minimum absolute atomic E-state index is 0.224. The fourth-order valence-corrected chi connectivity index (χ4v) is 3.77. The summed E-state index contributed by atoms with van der Waals surface area (Å²) in [4.78, 5) is 13.5. The topological polar surface area (TPSA) is 59.0 Å². The molecule has 0 amide bonds. The van der Waals surface area contributed by atoms with Gasteiger partial charge < -0.3 is 14.6 Å². The summed E-state index contributed by atoms with van der Waals surface area (Å²) in [6, 6.07) is 7.14. The molecule has 0 saturated carbocycles. The number of carboxylic acids is 1. The summed E-state index contributed by atoms with van der Waals surface area (Å²) in [5.41, 5.74) is 0.880. The zero-order valence-corrected chi connectivity index (χ0v) is 15.8. The van der Waals surface area contributed by atoms with Crippen LogP contribution in [0.3, 0.4) is 0 Å². The molecule has 0 aromatic heterocycles. The van der Waals surface area contributed by atoms with Crippen LogP contribution in [0.2, 0.25) is 0 Å². The normalized spacial score (nSPS) is 18.1. The fourth-order valence-electron chi connectivity index (χ4n) is 3.77. The van der Waals surface area contributed by atoms with Crippen molar-refractivity contribution in [3.05, 3.63) is 59.2 Å². The van der Waals surface area contributed by atoms with E-state index in [4.69, 9.17) is 9.47 Å². The predicted molar refractivity (Wildman–Crippen MR) is 99.7 cm³/mol. The van der Waals surface area contributed by atoms with E-state index in [-0.39, 0.29) is 5.56 Å². The lowest BCUT2D eigenvalue weighted by Gasteiger charge is -2.32. The van der Waals surface area contributed by atoms with Crippen LogP contribution in [0.5, 0.6) is 11.5 Å². The van der Waals surface area contributed by atoms with Crippen molar-refractivity contribution in [1.29, 1.82) is 0 Å². The van der Waals surface area contributed by atoms with Crippen molar-refractivity contribution in [2.45, 2.75) is 31.8 Å². The number of halogens is 2. The lowest BCUT2D eigenvalue weighted by molar-refractivity contribution is -0.142. The molecule has 7 heteroatoms. The molecule has 0 radical (unpaired) electrons. The van der Waals surface area contributed by atoms with Crippen LogP contribution in [-0.2, 0) is 4.79 Å². The van der Waals surface area contributed by atoms with Crippen molar-refractivity contribution >= 4 is 5.97 Å². The standard InChI is InChI=1S/C21H23F2NO4/c1-3-28-19-11-13(6-9-18(19)27-2)20(15-8-7-14(22)12-16(15)23)24-10-4-5-17(24)21(25)26/h6-9,11-12,17,20H,3-5,10H2,1-2H3,(H,25,26). The van der Waals surface area contributed by atoms with Gasteiger partial charge in [0.1, 0.15) is 17.7 Å². The number of aliphatic carboxylic acids is 1. The van der Waals surface area contributed by atoms with Crippen molar-refractivity contribution in [3.63, 3.8) is 0 Å². The zero-order valence-electron chi connectivity index (χ0n) is 15.8. The fraction of sp³-hybridized carbons (Fsp3) is 0.381. The molecule has 150 valence electrons. The van der Waals surface area contributed by atoms with Crippen LogP contribution in [0.4, 0.5) is 8.78 Å². The summed E-state index contributed by atoms with van der Waals surface area (Å²) in [6.45, 7) is 2.75. The smallest absolute Gasteiger partial charge is 0.320 e. The number of nitrogens with zero attached hydrogens (tertiary/aromatic N) is 1. The maximum atomic E-state index is 14.7. The van der Waals surface area contributed by atoms with Gasteiger partial charge in [-0.25, -0.2) is 8.78 Å². The number of rotatable bonds is 7. The number of ether oxygens (including phenoxy) is 2. The van der Waals surface area contributed by atoms with E-state index >= 15 is 0 Å². The van der Waals surface area contributed by atoms with Crippen LogP contribution < -0.4 is 9.47 Å². The summed E-state index contributed by atoms with van der Waals surface area (Å²) in [7, 11) is 1.52. The van der Waals surface area contributed by atoms with E-state index in [0.29, 0.717) is 43.1 Å². The second-order valence-corrected chi connectivity index (χ2v) is 6.65. The Labute approximate surface area is 162 Å². The SMILES string of the molecule is CCOc1cc(C(c2ccc(F)cc2F)N2CCCC2C(=O)O)ccc1OC. The lowest BCUT2D eigenvalue weighted by Crippen LogP contribution is -2.39. The van der Waals surface area contributed by atoms with E-state index in [1.165, 1.54) is 19.2 Å². The largest absolute Gasteiger partial charge is 0.493 e. The molecule has 2 unspecified atom stereocenters. The average molecular weight is 391 g/mol. The second-order valence-electron chi connectivity index (χ2n) is 6.65. The van der Waals surface area contributed by atoms with Crippen molar-refractivity contribution in [1.82, 2.24) is 4.90 Å². The Bertz CT molecular complexity index is 858. The third kappa shape index (κ3) is 3.94. The molecule has 3 rings (SSSR count). The molecule has 2 aromatic carbocycles. The number of carboxylic acid groups (broad SMARTS) is 1. The monoisotopic (exact) mass is 391 g/mol. The van der Waals surface area contributed by atoms with Gasteiger partial charge in [0.25, 0.3) is 0 Å². The summed E-state index contributed by atoms with van der Waals surface area (Å²) in [5, 5.41) is 9.62. The molecule has 0 bridgehead atoms. The maximum absolute atomic E-state index is 14.7. The van der Waals surface area contributed by atoms with Gasteiger partial charge in [-0.1, -0.05) is 12.1 Å². The Balaban J connectivity index is 2.13. The number of hydrogen-bond donors (Lipinski definition) is 1. The molecule has 2 aromatic rings. The van der Waals surface area contributed by atoms with E-state index in [1.807, 2.05) is 6.92 Å². The van der Waals surface area contributed by atoms with Crippen LogP contribution in [0.1, 0.15) is 36.9 Å². The Morgan fingerprint density at radius 1 is 1.25 bits per heavy atom. The number of methoxy groups -OCH3 is 1. The molecule has 5 nitrogen and oxygen atoms in total. The number of likely N-dealkylation sites (tertiary alicyclic amines) is 1. The first-order chi connectivity index (χ1) is 13.5. The van der Waals surface area contributed by atoms with Gasteiger partial charge in [0, 0.05) is 18.2 Å². The quantitative estimate of drug-likeness (QED) is 0.773. The molecule has 1 saturated heterocycles. The van der Waals surface area contributed by atoms with Crippen LogP contribution >= 0.6 is 0 Å². The van der Waals surface area contributed by atoms with E-state index in [9.17, 15) is 18.7 Å². The summed E-state index contributed by atoms with van der Waals surface area (Å²) >= 11 is 0. The van der Waals surface area contributed by atoms with Crippen LogP contribution in [-0.4, -0.2) is 42.3 Å². The third-order valence-corrected chi connectivity index (χ3v) is 4.97. The second kappa shape index (κ2) is 8.56. The Hall–Kier alpha value is -2.67. The van der Waals surface area contributed by atoms with Gasteiger partial charge in [0.15, 0.2) is 11.5 Å². The molecule has 1 aliphatic heterocycles. The average Bonchev–Trinajstić information content (AvgIpc) is 3.14. The highest BCUT2D eigenvalue weighted by Gasteiger charge is 2.38. The summed E-state index contributed by atoms with van der Waals surface area (Å²) in [6.07, 6.45) is 1.16. The van der Waals surface area contributed by atoms with Gasteiger partial charge in [-0.05, 0) is 43.5 Å². The minimum Gasteiger partial charge on any atom is -0.493 e. The van der Waals surface area contributed by atoms with E-state index in [2.05, 4.69) is 0 Å². The molecule has 1 aliphatic rings. The maximum Gasteiger partial charge on any atom is 0.320 e. The van der Waals surface area contributed by atoms with Crippen LogP contribution in [0.25, 0.3) is 0 Å². The molecule has 1 heterocycles. The first kappa shape index (κ1) is 20.1. The van der Waals surface area contributed by atoms with Gasteiger partial charge in [0.05, 0.1) is 19.8 Å². The Morgan fingerprint density at radius 3 is 2.68 bits per heavy atom. The predicted octanol–water partition coefficient (Wildman–Crippen LogP) is 4.01. The van der Waals surface area contributed by atoms with Crippen molar-refractivity contribution in [2.75, 3.05) is 20.3 Å². The van der Waals surface area contributed by atoms with Gasteiger partial charge >= 0.3 is 5.97 Å². The highest BCUT2D eigenvalue weighted by atomic mass is 19.1. The van der Waals surface area contributed by atoms with Gasteiger partial charge in [-0.15, -0.1) is 0 Å². The highest BCUT2D eigenvalue weighted by Crippen LogP contribution is 2.39. The molecule has 1 fully saturated rings. The van der Waals surface area contributed by atoms with E-state index in [0.717, 1.165) is 6.07 Å². The van der Waals surface area contributed by atoms with Crippen LogP contribution in [0, 0.1) is 11.6 Å². The molecule has 0 spiro atoms. The van der Waals surface area contributed by atoms with E-state index < -0.39 is 29.7 Å². The highest BCUT2D eigenvalue weighted by molar-refractivity contribution is 5.74. The molecular formula is C21H23F2NO4. The first-order valence-electron chi connectivity index (χ1n) is 9.20. The van der Waals surface area contributed by atoms with Gasteiger partial charge in [0.2, 0.25) is 0 Å². The lowest BCUT2D eigenvalue weighted by atomic mass is 9.95. The summed E-state index contributed by atoms with van der Waals surface area (Å²) in [5.74, 6) is -1.33. The van der Waals surface area contributed by atoms with Gasteiger partial charge in [-0.3, -0.25) is 9.69 Å². The summed E-state index contributed by atoms with van der Waals surface area (Å²) < 4.78 is 39.1. The van der Waals surface area contributed by atoms with Gasteiger partial charge in [-0.2, -0.15) is 0 Å². The Kier molecular flexibility index (Phi) is 6.14. The zero-order chi connectivity index (χ0) is 20.3. The van der Waals surface area contributed by atoms with Crippen molar-refractivity contribution in [3.8, 4) is 11.5 Å². The molecular weight excluding hydrogens is 368 g/mol. The first-order valence-corrected chi connectivity index (χ1v) is 9.20. The number of carbonyl (C=O) groups is 1. The minimum atomic E-state index is -0.955. The van der Waals surface area contributed by atoms with Crippen molar-refractivity contribution < 1.29 is 28.2 Å². The third-order valence-electron chi connectivity index (χ3n) is 4.97.